The van der Waals surface area contributed by atoms with E-state index in [1.807, 2.05) is 0 Å². The third-order valence-electron chi connectivity index (χ3n) is 8.12. The van der Waals surface area contributed by atoms with Gasteiger partial charge in [-0.3, -0.25) is 9.69 Å². The molecule has 1 saturated heterocycles. The fraction of sp³-hybridized carbons (Fsp3) is 0.516. The quantitative estimate of drug-likeness (QED) is 0.293. The summed E-state index contributed by atoms with van der Waals surface area (Å²) in [5.74, 6) is -2.08. The first-order valence-corrected chi connectivity index (χ1v) is 16.4. The maximum absolute atomic E-state index is 14.4. The van der Waals surface area contributed by atoms with Gasteiger partial charge in [-0.25, -0.2) is 21.9 Å². The summed E-state index contributed by atoms with van der Waals surface area (Å²) in [5.41, 5.74) is 0.405. The van der Waals surface area contributed by atoms with Crippen molar-refractivity contribution in [1.82, 2.24) is 14.5 Å². The maximum Gasteiger partial charge on any atom is 0.387 e. The zero-order valence-electron chi connectivity index (χ0n) is 25.1. The monoisotopic (exact) mass is 641 g/mol. The van der Waals surface area contributed by atoms with E-state index < -0.39 is 39.7 Å². The molecule has 1 atom stereocenters. The molecule has 2 aliphatic rings. The Morgan fingerprint density at radius 1 is 1.14 bits per heavy atom. The molecule has 0 radical (unpaired) electrons. The van der Waals surface area contributed by atoms with Crippen LogP contribution in [0.3, 0.4) is 0 Å². The number of hydrogen-bond acceptors (Lipinski definition) is 6. The molecule has 1 saturated carbocycles. The Balaban J connectivity index is 1.62. The van der Waals surface area contributed by atoms with Crippen molar-refractivity contribution in [2.24, 2.45) is 0 Å². The predicted molar refractivity (Wildman–Crippen MR) is 159 cm³/mol. The molecule has 13 heteroatoms. The molecule has 2 aromatic rings. The summed E-state index contributed by atoms with van der Waals surface area (Å²) >= 11 is 0. The van der Waals surface area contributed by atoms with Gasteiger partial charge in [0.05, 0.1) is 13.4 Å². The van der Waals surface area contributed by atoms with Gasteiger partial charge in [0, 0.05) is 48.4 Å². The smallest absolute Gasteiger partial charge is 0.387 e. The van der Waals surface area contributed by atoms with E-state index in [0.29, 0.717) is 12.1 Å². The highest BCUT2D eigenvalue weighted by molar-refractivity contribution is 7.88. The topological polar surface area (TPSA) is 88.2 Å². The van der Waals surface area contributed by atoms with Gasteiger partial charge in [-0.1, -0.05) is 24.5 Å². The number of benzene rings is 2. The first-order valence-electron chi connectivity index (χ1n) is 14.5. The number of nitrogens with zero attached hydrogens (tertiary/aromatic N) is 2. The summed E-state index contributed by atoms with van der Waals surface area (Å²) < 4.78 is 90.6. The second kappa shape index (κ2) is 14.3. The number of carbonyl (C=O) groups is 1. The van der Waals surface area contributed by atoms with Crippen molar-refractivity contribution in [1.29, 1.82) is 0 Å². The maximum atomic E-state index is 14.4. The predicted octanol–water partition coefficient (Wildman–Crippen LogP) is 5.45. The minimum absolute atomic E-state index is 0.0331. The summed E-state index contributed by atoms with van der Waals surface area (Å²) in [6.45, 7) is 0.292. The lowest BCUT2D eigenvalue weighted by atomic mass is 9.98. The standard InChI is InChI=1S/C31H39F4N3O5S/c1-21(15-22-8-10-24(32)17-26(22)33)18-38(29(39)23-9-11-27(43-30(34)35)28(16-23)42-2)19-25-7-6-14-37(25)20-31(12-4-5-13-31)36-44(3,40)41/h8-11,15-17,25,30,36H,4-7,12-14,18-20H2,1-3H3/b21-15+. The van der Waals surface area contributed by atoms with Crippen LogP contribution in [0.4, 0.5) is 17.6 Å². The number of hydrogen-bond donors (Lipinski definition) is 1. The molecular formula is C31H39F4N3O5S. The van der Waals surface area contributed by atoms with E-state index in [9.17, 15) is 30.8 Å². The fourth-order valence-electron chi connectivity index (χ4n) is 6.32. The Morgan fingerprint density at radius 3 is 2.50 bits per heavy atom. The van der Waals surface area contributed by atoms with Gasteiger partial charge in [0.25, 0.3) is 5.91 Å². The van der Waals surface area contributed by atoms with E-state index in [1.165, 1.54) is 37.6 Å². The number of halogens is 4. The van der Waals surface area contributed by atoms with Crippen LogP contribution in [0.15, 0.2) is 42.0 Å². The second-order valence-corrected chi connectivity index (χ2v) is 13.5. The van der Waals surface area contributed by atoms with Gasteiger partial charge in [-0.2, -0.15) is 8.78 Å². The van der Waals surface area contributed by atoms with Crippen molar-refractivity contribution < 1.29 is 40.2 Å². The average Bonchev–Trinajstić information content (AvgIpc) is 3.57. The number of carbonyl (C=O) groups excluding carboxylic acids is 1. The molecule has 44 heavy (non-hydrogen) atoms. The van der Waals surface area contributed by atoms with Crippen molar-refractivity contribution >= 4 is 22.0 Å². The Bertz CT molecular complexity index is 1460. The molecule has 1 unspecified atom stereocenters. The molecular weight excluding hydrogens is 602 g/mol. The van der Waals surface area contributed by atoms with Crippen molar-refractivity contribution in [3.63, 3.8) is 0 Å². The molecule has 0 spiro atoms. The number of alkyl halides is 2. The Hall–Kier alpha value is -3.16. The fourth-order valence-corrected chi connectivity index (χ4v) is 7.37. The number of nitrogens with one attached hydrogen (secondary N) is 1. The first-order chi connectivity index (χ1) is 20.8. The van der Waals surface area contributed by atoms with Gasteiger partial charge >= 0.3 is 6.61 Å². The summed E-state index contributed by atoms with van der Waals surface area (Å²) in [5, 5.41) is 0. The van der Waals surface area contributed by atoms with Crippen LogP contribution in [0.2, 0.25) is 0 Å². The van der Waals surface area contributed by atoms with E-state index in [-0.39, 0.29) is 41.8 Å². The van der Waals surface area contributed by atoms with Gasteiger partial charge in [0.15, 0.2) is 11.5 Å². The Labute approximate surface area is 256 Å². The van der Waals surface area contributed by atoms with E-state index in [0.717, 1.165) is 57.2 Å². The largest absolute Gasteiger partial charge is 0.493 e. The minimum atomic E-state index is -3.44. The van der Waals surface area contributed by atoms with Crippen LogP contribution in [0.5, 0.6) is 11.5 Å². The molecule has 1 N–H and O–H groups in total. The van der Waals surface area contributed by atoms with Crippen LogP contribution in [0.1, 0.15) is 61.4 Å². The van der Waals surface area contributed by atoms with Crippen molar-refractivity contribution in [2.45, 2.75) is 63.6 Å². The van der Waals surface area contributed by atoms with Gasteiger partial charge in [0.2, 0.25) is 10.0 Å². The average molecular weight is 642 g/mol. The highest BCUT2D eigenvalue weighted by atomic mass is 32.2. The van der Waals surface area contributed by atoms with Gasteiger partial charge in [-0.05, 0) is 69.5 Å². The lowest BCUT2D eigenvalue weighted by Crippen LogP contribution is -2.55. The Morgan fingerprint density at radius 2 is 1.86 bits per heavy atom. The molecule has 0 aromatic heterocycles. The highest BCUT2D eigenvalue weighted by Crippen LogP contribution is 2.34. The number of rotatable bonds is 13. The molecule has 8 nitrogen and oxygen atoms in total. The van der Waals surface area contributed by atoms with E-state index >= 15 is 0 Å². The summed E-state index contributed by atoms with van der Waals surface area (Å²) in [6.07, 6.45) is 7.65. The molecule has 1 amide bonds. The molecule has 1 heterocycles. The summed E-state index contributed by atoms with van der Waals surface area (Å²) in [6, 6.07) is 7.14. The Kier molecular flexibility index (Phi) is 11.0. The van der Waals surface area contributed by atoms with Gasteiger partial charge in [0.1, 0.15) is 11.6 Å². The van der Waals surface area contributed by atoms with E-state index in [1.54, 1.807) is 17.9 Å². The molecule has 4 rings (SSSR count). The summed E-state index contributed by atoms with van der Waals surface area (Å²) in [7, 11) is -2.16. The third-order valence-corrected chi connectivity index (χ3v) is 8.92. The van der Waals surface area contributed by atoms with Crippen LogP contribution in [-0.4, -0.2) is 81.9 Å². The van der Waals surface area contributed by atoms with Crippen LogP contribution in [0, 0.1) is 11.6 Å². The highest BCUT2D eigenvalue weighted by Gasteiger charge is 2.41. The van der Waals surface area contributed by atoms with Crippen molar-refractivity contribution in [2.75, 3.05) is 39.5 Å². The van der Waals surface area contributed by atoms with Crippen LogP contribution < -0.4 is 14.2 Å². The van der Waals surface area contributed by atoms with Crippen LogP contribution >= 0.6 is 0 Å². The number of ether oxygens (including phenoxy) is 2. The SMILES string of the molecule is COc1cc(C(=O)N(C/C(C)=C/c2ccc(F)cc2F)CC2CCCN2CC2(NS(C)(=O)=O)CCCC2)ccc1OC(F)F. The van der Waals surface area contributed by atoms with Gasteiger partial charge < -0.3 is 14.4 Å². The molecule has 1 aliphatic carbocycles. The molecule has 2 fully saturated rings. The number of amides is 1. The zero-order chi connectivity index (χ0) is 32.1. The van der Waals surface area contributed by atoms with Gasteiger partial charge in [-0.15, -0.1) is 0 Å². The molecule has 1 aliphatic heterocycles. The molecule has 242 valence electrons. The van der Waals surface area contributed by atoms with Crippen molar-refractivity contribution in [3.8, 4) is 11.5 Å². The lowest BCUT2D eigenvalue weighted by Gasteiger charge is -2.38. The third kappa shape index (κ3) is 8.95. The molecule has 0 bridgehead atoms. The second-order valence-electron chi connectivity index (χ2n) is 11.7. The zero-order valence-corrected chi connectivity index (χ0v) is 25.9. The summed E-state index contributed by atoms with van der Waals surface area (Å²) in [4.78, 5) is 17.8. The first kappa shape index (κ1) is 33.7. The lowest BCUT2D eigenvalue weighted by molar-refractivity contribution is -0.0512. The van der Waals surface area contributed by atoms with E-state index in [4.69, 9.17) is 4.74 Å². The van der Waals surface area contributed by atoms with Crippen LogP contribution in [0.25, 0.3) is 6.08 Å². The van der Waals surface area contributed by atoms with E-state index in [2.05, 4.69) is 14.4 Å². The number of sulfonamides is 1. The molecule has 2 aromatic carbocycles. The minimum Gasteiger partial charge on any atom is -0.493 e. The number of likely N-dealkylation sites (tertiary alicyclic amines) is 1. The van der Waals surface area contributed by atoms with Crippen LogP contribution in [-0.2, 0) is 10.0 Å². The normalized spacial score (nSPS) is 19.0. The van der Waals surface area contributed by atoms with Crippen molar-refractivity contribution in [3.05, 3.63) is 64.7 Å². The number of methoxy groups -OCH3 is 1.